The summed E-state index contributed by atoms with van der Waals surface area (Å²) in [4.78, 5) is 10.1. The molecule has 0 aliphatic rings. The molecule has 1 heterocycles. The minimum Gasteiger partial charge on any atom is -0.478 e. The highest BCUT2D eigenvalue weighted by molar-refractivity contribution is 5.79. The summed E-state index contributed by atoms with van der Waals surface area (Å²) >= 11 is 0. The molecule has 5 nitrogen and oxygen atoms in total. The van der Waals surface area contributed by atoms with E-state index in [1.54, 1.807) is 10.9 Å². The molecule has 2 N–H and O–H groups in total. The molecule has 1 aromatic heterocycles. The molecule has 0 aromatic carbocycles. The number of carboxylic acids is 1. The van der Waals surface area contributed by atoms with Gasteiger partial charge in [0.1, 0.15) is 0 Å². The molecule has 0 saturated heterocycles. The summed E-state index contributed by atoms with van der Waals surface area (Å²) in [5, 5.41) is 15.2. The first kappa shape index (κ1) is 10.3. The second-order valence-corrected chi connectivity index (χ2v) is 2.82. The SMILES string of the molecule is Cn1nccc1CCN/C=C/C(=O)O. The minimum absolute atomic E-state index is 0.698. The molecule has 0 spiro atoms. The van der Waals surface area contributed by atoms with Crippen LogP contribution < -0.4 is 5.32 Å². The summed E-state index contributed by atoms with van der Waals surface area (Å²) in [5.74, 6) is -0.946. The molecular weight excluding hydrogens is 182 g/mol. The van der Waals surface area contributed by atoms with Crippen LogP contribution in [0.25, 0.3) is 0 Å². The molecule has 0 amide bonds. The second kappa shape index (κ2) is 5.06. The van der Waals surface area contributed by atoms with Crippen molar-refractivity contribution >= 4 is 5.97 Å². The van der Waals surface area contributed by atoms with Gasteiger partial charge in [0.2, 0.25) is 0 Å². The molecule has 5 heteroatoms. The predicted octanol–water partition coefficient (Wildman–Crippen LogP) is 0.150. The van der Waals surface area contributed by atoms with Crippen molar-refractivity contribution in [3.63, 3.8) is 0 Å². The lowest BCUT2D eigenvalue weighted by atomic mass is 10.3. The topological polar surface area (TPSA) is 67.2 Å². The van der Waals surface area contributed by atoms with Crippen molar-refractivity contribution < 1.29 is 9.90 Å². The Hall–Kier alpha value is -1.78. The van der Waals surface area contributed by atoms with Gasteiger partial charge in [0.15, 0.2) is 0 Å². The number of aryl methyl sites for hydroxylation is 1. The molecule has 76 valence electrons. The molecule has 0 bridgehead atoms. The van der Waals surface area contributed by atoms with Gasteiger partial charge in [-0.1, -0.05) is 0 Å². The minimum atomic E-state index is -0.946. The third-order valence-corrected chi connectivity index (χ3v) is 1.79. The lowest BCUT2D eigenvalue weighted by Gasteiger charge is -2.01. The van der Waals surface area contributed by atoms with E-state index in [9.17, 15) is 4.79 Å². The number of aliphatic carboxylic acids is 1. The fourth-order valence-electron chi connectivity index (χ4n) is 1.06. The summed E-state index contributed by atoms with van der Waals surface area (Å²) < 4.78 is 1.79. The van der Waals surface area contributed by atoms with Crippen molar-refractivity contribution in [2.75, 3.05) is 6.54 Å². The Bertz CT molecular complexity index is 331. The highest BCUT2D eigenvalue weighted by Crippen LogP contribution is 1.95. The number of rotatable bonds is 5. The highest BCUT2D eigenvalue weighted by Gasteiger charge is 1.95. The largest absolute Gasteiger partial charge is 0.478 e. The number of aromatic nitrogens is 2. The van der Waals surface area contributed by atoms with Crippen LogP contribution in [0.1, 0.15) is 5.69 Å². The zero-order chi connectivity index (χ0) is 10.4. The molecule has 0 fully saturated rings. The zero-order valence-corrected chi connectivity index (χ0v) is 7.97. The average Bonchev–Trinajstić information content (AvgIpc) is 2.51. The summed E-state index contributed by atoms with van der Waals surface area (Å²) in [6, 6.07) is 1.93. The van der Waals surface area contributed by atoms with Crippen LogP contribution >= 0.6 is 0 Å². The van der Waals surface area contributed by atoms with E-state index in [4.69, 9.17) is 5.11 Å². The summed E-state index contributed by atoms with van der Waals surface area (Å²) in [7, 11) is 1.88. The Balaban J connectivity index is 2.23. The Labute approximate surface area is 82.0 Å². The van der Waals surface area contributed by atoms with E-state index < -0.39 is 5.97 Å². The highest BCUT2D eigenvalue weighted by atomic mass is 16.4. The maximum Gasteiger partial charge on any atom is 0.329 e. The number of hydrogen-bond donors (Lipinski definition) is 2. The molecule has 0 unspecified atom stereocenters. The van der Waals surface area contributed by atoms with Gasteiger partial charge in [0, 0.05) is 44.2 Å². The Morgan fingerprint density at radius 2 is 2.57 bits per heavy atom. The number of hydrogen-bond acceptors (Lipinski definition) is 3. The van der Waals surface area contributed by atoms with E-state index in [0.717, 1.165) is 18.2 Å². The Morgan fingerprint density at radius 3 is 3.14 bits per heavy atom. The molecule has 0 saturated carbocycles. The summed E-state index contributed by atoms with van der Waals surface area (Å²) in [6.07, 6.45) is 5.06. The van der Waals surface area contributed by atoms with E-state index in [1.165, 1.54) is 6.20 Å². The van der Waals surface area contributed by atoms with Gasteiger partial charge in [-0.15, -0.1) is 0 Å². The van der Waals surface area contributed by atoms with E-state index in [-0.39, 0.29) is 0 Å². The predicted molar refractivity (Wildman–Crippen MR) is 51.7 cm³/mol. The van der Waals surface area contributed by atoms with E-state index in [0.29, 0.717) is 6.54 Å². The van der Waals surface area contributed by atoms with Crippen molar-refractivity contribution in [3.05, 3.63) is 30.2 Å². The van der Waals surface area contributed by atoms with Gasteiger partial charge in [0.05, 0.1) is 0 Å². The van der Waals surface area contributed by atoms with E-state index >= 15 is 0 Å². The average molecular weight is 195 g/mol. The normalized spacial score (nSPS) is 10.6. The lowest BCUT2D eigenvalue weighted by molar-refractivity contribution is -0.131. The molecule has 1 aromatic rings. The molecule has 0 atom stereocenters. The van der Waals surface area contributed by atoms with Crippen LogP contribution in [0.15, 0.2) is 24.5 Å². The number of nitrogens with one attached hydrogen (secondary N) is 1. The second-order valence-electron chi connectivity index (χ2n) is 2.82. The third-order valence-electron chi connectivity index (χ3n) is 1.79. The van der Waals surface area contributed by atoms with Crippen molar-refractivity contribution in [2.45, 2.75) is 6.42 Å². The van der Waals surface area contributed by atoms with Gasteiger partial charge >= 0.3 is 5.97 Å². The number of carbonyl (C=O) groups is 1. The zero-order valence-electron chi connectivity index (χ0n) is 7.97. The van der Waals surface area contributed by atoms with Crippen LogP contribution in [0.3, 0.4) is 0 Å². The molecule has 0 aliphatic heterocycles. The van der Waals surface area contributed by atoms with E-state index in [2.05, 4.69) is 10.4 Å². The summed E-state index contributed by atoms with van der Waals surface area (Å²) in [5.41, 5.74) is 1.11. The maximum absolute atomic E-state index is 10.1. The first-order valence-electron chi connectivity index (χ1n) is 4.30. The molecule has 14 heavy (non-hydrogen) atoms. The van der Waals surface area contributed by atoms with Crippen LogP contribution in [0.5, 0.6) is 0 Å². The first-order chi connectivity index (χ1) is 6.70. The van der Waals surface area contributed by atoms with Crippen molar-refractivity contribution in [1.82, 2.24) is 15.1 Å². The van der Waals surface area contributed by atoms with Crippen LogP contribution in [-0.2, 0) is 18.3 Å². The van der Waals surface area contributed by atoms with Crippen LogP contribution in [0.2, 0.25) is 0 Å². The van der Waals surface area contributed by atoms with Crippen LogP contribution in [-0.4, -0.2) is 27.4 Å². The van der Waals surface area contributed by atoms with Gasteiger partial charge in [-0.25, -0.2) is 4.79 Å². The van der Waals surface area contributed by atoms with Gasteiger partial charge in [-0.3, -0.25) is 4.68 Å². The summed E-state index contributed by atoms with van der Waals surface area (Å²) in [6.45, 7) is 0.698. The monoisotopic (exact) mass is 195 g/mol. The standard InChI is InChI=1S/C9H13N3O2/c1-12-8(3-7-11-12)2-5-10-6-4-9(13)14/h3-4,6-7,10H,2,5H2,1H3,(H,13,14)/b6-4+. The van der Waals surface area contributed by atoms with Gasteiger partial charge < -0.3 is 10.4 Å². The van der Waals surface area contributed by atoms with Gasteiger partial charge in [-0.2, -0.15) is 5.10 Å². The van der Waals surface area contributed by atoms with Crippen LogP contribution in [0, 0.1) is 0 Å². The molecule has 1 rings (SSSR count). The third kappa shape index (κ3) is 3.30. The van der Waals surface area contributed by atoms with Crippen molar-refractivity contribution in [2.24, 2.45) is 7.05 Å². The smallest absolute Gasteiger partial charge is 0.329 e. The molecule has 0 radical (unpaired) electrons. The number of nitrogens with zero attached hydrogens (tertiary/aromatic N) is 2. The molecular formula is C9H13N3O2. The fraction of sp³-hybridized carbons (Fsp3) is 0.333. The van der Waals surface area contributed by atoms with Gasteiger partial charge in [0.25, 0.3) is 0 Å². The molecule has 0 aliphatic carbocycles. The van der Waals surface area contributed by atoms with Crippen molar-refractivity contribution in [3.8, 4) is 0 Å². The van der Waals surface area contributed by atoms with Crippen LogP contribution in [0.4, 0.5) is 0 Å². The Morgan fingerprint density at radius 1 is 1.79 bits per heavy atom. The van der Waals surface area contributed by atoms with E-state index in [1.807, 2.05) is 13.1 Å². The van der Waals surface area contributed by atoms with Gasteiger partial charge in [-0.05, 0) is 6.07 Å². The number of carboxylic acid groups (broad SMARTS) is 1. The fourth-order valence-corrected chi connectivity index (χ4v) is 1.06. The maximum atomic E-state index is 10.1. The Kier molecular flexibility index (Phi) is 3.72. The van der Waals surface area contributed by atoms with Crippen molar-refractivity contribution in [1.29, 1.82) is 0 Å². The lowest BCUT2D eigenvalue weighted by Crippen LogP contribution is -2.12. The first-order valence-corrected chi connectivity index (χ1v) is 4.30. The quantitative estimate of drug-likeness (QED) is 0.518.